The minimum atomic E-state index is -0.458. The summed E-state index contributed by atoms with van der Waals surface area (Å²) in [6, 6.07) is 14.7. The van der Waals surface area contributed by atoms with E-state index in [0.717, 1.165) is 24.2 Å². The number of aromatic nitrogens is 2. The first-order valence-corrected chi connectivity index (χ1v) is 11.9. The first-order chi connectivity index (χ1) is 16.4. The molecule has 0 saturated heterocycles. The first kappa shape index (κ1) is 22.8. The van der Waals surface area contributed by atoms with Crippen molar-refractivity contribution in [3.63, 3.8) is 0 Å². The molecular weight excluding hydrogens is 497 g/mol. The van der Waals surface area contributed by atoms with Crippen molar-refractivity contribution in [2.75, 3.05) is 5.32 Å². The van der Waals surface area contributed by atoms with Crippen LogP contribution < -0.4 is 10.1 Å². The van der Waals surface area contributed by atoms with Gasteiger partial charge in [0.1, 0.15) is 23.1 Å². The van der Waals surface area contributed by atoms with Gasteiger partial charge in [0.05, 0.1) is 6.54 Å². The quantitative estimate of drug-likeness (QED) is 0.293. The Balaban J connectivity index is 1.20. The molecule has 0 atom stereocenters. The van der Waals surface area contributed by atoms with Crippen molar-refractivity contribution in [3.05, 3.63) is 98.0 Å². The number of furan rings is 1. The fraction of sp³-hybridized carbons (Fsp3) is 0.200. The van der Waals surface area contributed by atoms with Crippen molar-refractivity contribution in [2.45, 2.75) is 32.4 Å². The molecule has 34 heavy (non-hydrogen) atoms. The van der Waals surface area contributed by atoms with Crippen molar-refractivity contribution >= 4 is 46.5 Å². The van der Waals surface area contributed by atoms with E-state index in [-0.39, 0.29) is 18.2 Å². The summed E-state index contributed by atoms with van der Waals surface area (Å²) >= 11 is 18.4. The van der Waals surface area contributed by atoms with E-state index in [4.69, 9.17) is 44.0 Å². The van der Waals surface area contributed by atoms with Gasteiger partial charge >= 0.3 is 0 Å². The zero-order chi connectivity index (χ0) is 23.7. The minimum Gasteiger partial charge on any atom is -0.486 e. The van der Waals surface area contributed by atoms with Gasteiger partial charge in [-0.3, -0.25) is 9.48 Å². The number of anilines is 1. The summed E-state index contributed by atoms with van der Waals surface area (Å²) in [6.07, 6.45) is 5.01. The van der Waals surface area contributed by atoms with Crippen LogP contribution in [0.25, 0.3) is 0 Å². The lowest BCUT2D eigenvalue weighted by molar-refractivity contribution is 0.0992. The summed E-state index contributed by atoms with van der Waals surface area (Å²) in [5, 5.41) is 8.39. The van der Waals surface area contributed by atoms with Gasteiger partial charge in [-0.05, 0) is 72.4 Å². The highest BCUT2D eigenvalue weighted by atomic mass is 35.5. The van der Waals surface area contributed by atoms with E-state index < -0.39 is 5.91 Å². The standard InChI is InChI=1S/C25H20Cl3N3O3/c26-18-6-4-17(21(27)11-18)12-31-13-22(28)24(30-31)29-25(32)23-9-8-20(34-23)14-33-19-7-5-15-2-1-3-16(15)10-19/h4-11,13H,1-3,12,14H2,(H,29,30,32). The molecular formula is C25H20Cl3N3O3. The van der Waals surface area contributed by atoms with Crippen LogP contribution in [0.1, 0.15) is 39.4 Å². The number of nitrogens with zero attached hydrogens (tertiary/aromatic N) is 2. The third kappa shape index (κ3) is 5.09. The SMILES string of the molecule is O=C(Nc1nn(Cc2ccc(Cl)cc2Cl)cc1Cl)c1ccc(COc2ccc3c(c2)CCC3)o1. The monoisotopic (exact) mass is 515 g/mol. The van der Waals surface area contributed by atoms with Crippen LogP contribution in [-0.4, -0.2) is 15.7 Å². The maximum Gasteiger partial charge on any atom is 0.292 e. The molecule has 1 N–H and O–H groups in total. The molecule has 0 saturated carbocycles. The molecule has 1 amide bonds. The van der Waals surface area contributed by atoms with Crippen LogP contribution in [0.2, 0.25) is 15.1 Å². The predicted molar refractivity (Wildman–Crippen MR) is 132 cm³/mol. The van der Waals surface area contributed by atoms with Gasteiger partial charge in [0, 0.05) is 16.2 Å². The Morgan fingerprint density at radius 3 is 2.74 bits per heavy atom. The highest BCUT2D eigenvalue weighted by molar-refractivity contribution is 6.35. The molecule has 5 rings (SSSR count). The lowest BCUT2D eigenvalue weighted by Crippen LogP contribution is -2.12. The van der Waals surface area contributed by atoms with Gasteiger partial charge in [0.25, 0.3) is 5.91 Å². The highest BCUT2D eigenvalue weighted by Crippen LogP contribution is 2.27. The smallest absolute Gasteiger partial charge is 0.292 e. The van der Waals surface area contributed by atoms with Gasteiger partial charge < -0.3 is 14.5 Å². The molecule has 174 valence electrons. The van der Waals surface area contributed by atoms with E-state index in [2.05, 4.69) is 22.5 Å². The topological polar surface area (TPSA) is 69.3 Å². The number of halogens is 3. The van der Waals surface area contributed by atoms with Crippen LogP contribution >= 0.6 is 34.8 Å². The van der Waals surface area contributed by atoms with Crippen molar-refractivity contribution in [2.24, 2.45) is 0 Å². The number of amides is 1. The second kappa shape index (κ2) is 9.74. The van der Waals surface area contributed by atoms with E-state index >= 15 is 0 Å². The van der Waals surface area contributed by atoms with E-state index in [1.165, 1.54) is 17.5 Å². The summed E-state index contributed by atoms with van der Waals surface area (Å²) in [7, 11) is 0. The van der Waals surface area contributed by atoms with Crippen molar-refractivity contribution in [3.8, 4) is 5.75 Å². The maximum absolute atomic E-state index is 12.7. The molecule has 0 radical (unpaired) electrons. The maximum atomic E-state index is 12.7. The molecule has 1 aliphatic carbocycles. The lowest BCUT2D eigenvalue weighted by atomic mass is 10.1. The van der Waals surface area contributed by atoms with E-state index in [1.807, 2.05) is 12.1 Å². The Hall–Kier alpha value is -2.93. The third-order valence-electron chi connectivity index (χ3n) is 5.63. The Kier molecular flexibility index (Phi) is 6.55. The minimum absolute atomic E-state index is 0.138. The number of carbonyl (C=O) groups is 1. The molecule has 4 aromatic rings. The van der Waals surface area contributed by atoms with E-state index in [0.29, 0.717) is 27.4 Å². The van der Waals surface area contributed by atoms with Gasteiger partial charge in [-0.15, -0.1) is 0 Å². The highest BCUT2D eigenvalue weighted by Gasteiger charge is 2.17. The summed E-state index contributed by atoms with van der Waals surface area (Å²) in [5.74, 6) is 1.24. The average molecular weight is 517 g/mol. The summed E-state index contributed by atoms with van der Waals surface area (Å²) in [5.41, 5.74) is 3.55. The van der Waals surface area contributed by atoms with Gasteiger partial charge in [-0.2, -0.15) is 5.10 Å². The number of hydrogen-bond acceptors (Lipinski definition) is 4. The number of fused-ring (bicyclic) bond motifs is 1. The predicted octanol–water partition coefficient (Wildman–Crippen LogP) is 6.80. The third-order valence-corrected chi connectivity index (χ3v) is 6.50. The Bertz CT molecular complexity index is 1360. The van der Waals surface area contributed by atoms with Crippen LogP contribution in [-0.2, 0) is 26.0 Å². The zero-order valence-corrected chi connectivity index (χ0v) is 20.3. The average Bonchev–Trinajstić information content (AvgIpc) is 3.54. The van der Waals surface area contributed by atoms with Crippen molar-refractivity contribution in [1.82, 2.24) is 9.78 Å². The molecule has 6 nitrogen and oxygen atoms in total. The zero-order valence-electron chi connectivity index (χ0n) is 18.0. The number of ether oxygens (including phenoxy) is 1. The lowest BCUT2D eigenvalue weighted by Gasteiger charge is -2.06. The van der Waals surface area contributed by atoms with Gasteiger partial charge in [-0.1, -0.05) is 46.9 Å². The molecule has 0 fully saturated rings. The Morgan fingerprint density at radius 1 is 1.03 bits per heavy atom. The molecule has 2 aromatic heterocycles. The molecule has 0 aliphatic heterocycles. The van der Waals surface area contributed by atoms with Crippen molar-refractivity contribution in [1.29, 1.82) is 0 Å². The first-order valence-electron chi connectivity index (χ1n) is 10.8. The number of carbonyl (C=O) groups excluding carboxylic acids is 1. The van der Waals surface area contributed by atoms with E-state index in [1.54, 1.807) is 35.1 Å². The number of aryl methyl sites for hydroxylation is 2. The number of nitrogens with one attached hydrogen (secondary N) is 1. The molecule has 9 heteroatoms. The summed E-state index contributed by atoms with van der Waals surface area (Å²) in [4.78, 5) is 12.7. The number of rotatable bonds is 7. The number of benzene rings is 2. The van der Waals surface area contributed by atoms with E-state index in [9.17, 15) is 4.79 Å². The molecule has 0 spiro atoms. The van der Waals surface area contributed by atoms with Crippen molar-refractivity contribution < 1.29 is 13.9 Å². The molecule has 2 heterocycles. The summed E-state index contributed by atoms with van der Waals surface area (Å²) < 4.78 is 13.1. The van der Waals surface area contributed by atoms with Crippen LogP contribution in [0.3, 0.4) is 0 Å². The van der Waals surface area contributed by atoms with Crippen LogP contribution in [0, 0.1) is 0 Å². The molecule has 0 bridgehead atoms. The molecule has 1 aliphatic rings. The molecule has 2 aromatic carbocycles. The van der Waals surface area contributed by atoms with Gasteiger partial charge in [0.15, 0.2) is 11.6 Å². The Labute approximate surface area is 211 Å². The van der Waals surface area contributed by atoms with Gasteiger partial charge in [0.2, 0.25) is 0 Å². The largest absolute Gasteiger partial charge is 0.486 e. The number of hydrogen-bond donors (Lipinski definition) is 1. The second-order valence-electron chi connectivity index (χ2n) is 8.05. The van der Waals surface area contributed by atoms with Crippen LogP contribution in [0.5, 0.6) is 5.75 Å². The Morgan fingerprint density at radius 2 is 1.88 bits per heavy atom. The normalized spacial score (nSPS) is 12.6. The van der Waals surface area contributed by atoms with Crippen LogP contribution in [0.4, 0.5) is 5.82 Å². The second-order valence-corrected chi connectivity index (χ2v) is 9.30. The fourth-order valence-corrected chi connectivity index (χ4v) is 4.59. The van der Waals surface area contributed by atoms with Crippen LogP contribution in [0.15, 0.2) is 59.1 Å². The summed E-state index contributed by atoms with van der Waals surface area (Å²) in [6.45, 7) is 0.597. The molecule has 0 unspecified atom stereocenters. The van der Waals surface area contributed by atoms with Gasteiger partial charge in [-0.25, -0.2) is 0 Å². The fourth-order valence-electron chi connectivity index (χ4n) is 3.93.